The summed E-state index contributed by atoms with van der Waals surface area (Å²) in [5.74, 6) is 0.909. The van der Waals surface area contributed by atoms with Gasteiger partial charge in [-0.05, 0) is 70.1 Å². The van der Waals surface area contributed by atoms with E-state index in [2.05, 4.69) is 46.7 Å². The van der Waals surface area contributed by atoms with Gasteiger partial charge in [0.15, 0.2) is 0 Å². The number of rotatable bonds is 9. The summed E-state index contributed by atoms with van der Waals surface area (Å²) in [4.78, 5) is 2.46. The van der Waals surface area contributed by atoms with Gasteiger partial charge in [-0.2, -0.15) is 0 Å². The first kappa shape index (κ1) is 18.4. The van der Waals surface area contributed by atoms with E-state index in [0.29, 0.717) is 0 Å². The second kappa shape index (κ2) is 9.42. The van der Waals surface area contributed by atoms with Crippen molar-refractivity contribution in [1.29, 1.82) is 0 Å². The minimum atomic E-state index is 0.242. The van der Waals surface area contributed by atoms with Crippen molar-refractivity contribution < 1.29 is 0 Å². The van der Waals surface area contributed by atoms with Crippen molar-refractivity contribution in [1.82, 2.24) is 4.90 Å². The monoisotopic (exact) mass is 299 g/mol. The standard InChI is InChI=1S/C18H38NP/c1-7-12-17(15(4)19(5)6)18(8-2)20(9-3)16-13-10-11-14-16/h15-18H,7-14H2,1-6H3/t15-,17+,18?,20-/m1/s1. The predicted molar refractivity (Wildman–Crippen MR) is 95.3 cm³/mol. The molecule has 0 heterocycles. The Bertz CT molecular complexity index is 248. The molecule has 1 unspecified atom stereocenters. The van der Waals surface area contributed by atoms with Crippen molar-refractivity contribution in [3.8, 4) is 0 Å². The van der Waals surface area contributed by atoms with Crippen LogP contribution in [0.25, 0.3) is 0 Å². The van der Waals surface area contributed by atoms with E-state index in [1.54, 1.807) is 0 Å². The zero-order valence-electron chi connectivity index (χ0n) is 14.9. The van der Waals surface area contributed by atoms with Crippen molar-refractivity contribution >= 4 is 7.92 Å². The van der Waals surface area contributed by atoms with E-state index in [1.165, 1.54) is 51.1 Å². The van der Waals surface area contributed by atoms with E-state index in [9.17, 15) is 0 Å². The van der Waals surface area contributed by atoms with Gasteiger partial charge in [-0.15, -0.1) is 7.92 Å². The number of hydrogen-bond acceptors (Lipinski definition) is 1. The Morgan fingerprint density at radius 1 is 1.10 bits per heavy atom. The minimum Gasteiger partial charge on any atom is -0.306 e. The summed E-state index contributed by atoms with van der Waals surface area (Å²) in [5, 5.41) is 0. The average Bonchev–Trinajstić information content (AvgIpc) is 2.95. The van der Waals surface area contributed by atoms with Gasteiger partial charge in [-0.1, -0.05) is 40.0 Å². The lowest BCUT2D eigenvalue weighted by molar-refractivity contribution is 0.208. The Balaban J connectivity index is 2.85. The molecular formula is C18H38NP. The lowest BCUT2D eigenvalue weighted by atomic mass is 9.90. The summed E-state index contributed by atoms with van der Waals surface area (Å²) in [7, 11) is 4.78. The predicted octanol–water partition coefficient (Wildman–Crippen LogP) is 5.58. The van der Waals surface area contributed by atoms with Crippen molar-refractivity contribution in [3.05, 3.63) is 0 Å². The highest BCUT2D eigenvalue weighted by molar-refractivity contribution is 7.59. The van der Waals surface area contributed by atoms with E-state index in [1.807, 2.05) is 0 Å². The summed E-state index contributed by atoms with van der Waals surface area (Å²) >= 11 is 0. The Morgan fingerprint density at radius 3 is 2.10 bits per heavy atom. The van der Waals surface area contributed by atoms with Crippen LogP contribution in [0.2, 0.25) is 0 Å². The molecule has 0 amide bonds. The summed E-state index contributed by atoms with van der Waals surface area (Å²) in [6, 6.07) is 0.734. The van der Waals surface area contributed by atoms with Gasteiger partial charge in [-0.25, -0.2) is 0 Å². The molecule has 0 bridgehead atoms. The largest absolute Gasteiger partial charge is 0.306 e. The average molecular weight is 299 g/mol. The van der Waals surface area contributed by atoms with E-state index in [-0.39, 0.29) is 7.92 Å². The molecule has 20 heavy (non-hydrogen) atoms. The van der Waals surface area contributed by atoms with Crippen LogP contribution in [0.15, 0.2) is 0 Å². The quantitative estimate of drug-likeness (QED) is 0.503. The summed E-state index contributed by atoms with van der Waals surface area (Å²) < 4.78 is 0. The molecule has 1 nitrogen and oxygen atoms in total. The lowest BCUT2D eigenvalue weighted by Crippen LogP contribution is -2.39. The van der Waals surface area contributed by atoms with Crippen LogP contribution in [-0.2, 0) is 0 Å². The molecular weight excluding hydrogens is 261 g/mol. The summed E-state index contributed by atoms with van der Waals surface area (Å²) in [6.07, 6.45) is 11.7. The normalized spacial score (nSPS) is 22.9. The lowest BCUT2D eigenvalue weighted by Gasteiger charge is -2.41. The molecule has 0 aromatic heterocycles. The minimum absolute atomic E-state index is 0.242. The van der Waals surface area contributed by atoms with Crippen LogP contribution in [0.5, 0.6) is 0 Å². The topological polar surface area (TPSA) is 3.24 Å². The molecule has 1 saturated carbocycles. The van der Waals surface area contributed by atoms with Crippen molar-refractivity contribution in [2.45, 2.75) is 90.0 Å². The van der Waals surface area contributed by atoms with Gasteiger partial charge >= 0.3 is 0 Å². The van der Waals surface area contributed by atoms with Crippen LogP contribution < -0.4 is 0 Å². The second-order valence-corrected chi connectivity index (χ2v) is 9.96. The Kier molecular flexibility index (Phi) is 8.68. The van der Waals surface area contributed by atoms with Crippen molar-refractivity contribution in [2.24, 2.45) is 5.92 Å². The van der Waals surface area contributed by atoms with Gasteiger partial charge in [0.1, 0.15) is 0 Å². The molecule has 2 heteroatoms. The van der Waals surface area contributed by atoms with Crippen LogP contribution >= 0.6 is 7.92 Å². The van der Waals surface area contributed by atoms with Crippen LogP contribution in [0.3, 0.4) is 0 Å². The maximum absolute atomic E-state index is 2.47. The van der Waals surface area contributed by atoms with Crippen LogP contribution in [0.4, 0.5) is 0 Å². The molecule has 1 aliphatic carbocycles. The van der Waals surface area contributed by atoms with Crippen LogP contribution in [-0.4, -0.2) is 42.5 Å². The molecule has 0 radical (unpaired) electrons. The highest BCUT2D eigenvalue weighted by atomic mass is 31.1. The number of nitrogens with zero attached hydrogens (tertiary/aromatic N) is 1. The van der Waals surface area contributed by atoms with E-state index in [0.717, 1.165) is 23.3 Å². The zero-order valence-corrected chi connectivity index (χ0v) is 15.8. The maximum atomic E-state index is 2.47. The van der Waals surface area contributed by atoms with Crippen molar-refractivity contribution in [3.63, 3.8) is 0 Å². The first-order chi connectivity index (χ1) is 9.56. The molecule has 4 atom stereocenters. The van der Waals surface area contributed by atoms with Gasteiger partial charge in [0.05, 0.1) is 0 Å². The molecule has 1 aliphatic rings. The van der Waals surface area contributed by atoms with E-state index in [4.69, 9.17) is 0 Å². The molecule has 1 fully saturated rings. The molecule has 0 aromatic carbocycles. The second-order valence-electron chi connectivity index (χ2n) is 6.90. The highest BCUT2D eigenvalue weighted by Crippen LogP contribution is 2.56. The van der Waals surface area contributed by atoms with Gasteiger partial charge in [0, 0.05) is 6.04 Å². The fourth-order valence-corrected chi connectivity index (χ4v) is 8.17. The molecule has 0 aliphatic heterocycles. The Hall–Kier alpha value is 0.390. The summed E-state index contributed by atoms with van der Waals surface area (Å²) in [5.41, 5.74) is 2.09. The smallest absolute Gasteiger partial charge is 0.00951 e. The maximum Gasteiger partial charge on any atom is 0.00951 e. The fourth-order valence-electron chi connectivity index (χ4n) is 4.25. The third kappa shape index (κ3) is 4.70. The molecule has 0 spiro atoms. The Morgan fingerprint density at radius 2 is 1.70 bits per heavy atom. The summed E-state index contributed by atoms with van der Waals surface area (Å²) in [6.45, 7) is 9.75. The molecule has 1 rings (SSSR count). The number of hydrogen-bond donors (Lipinski definition) is 0. The SMILES string of the molecule is CCC[C@H](C(CC)[P@](CC)C1CCCC1)[C@@H](C)N(C)C. The van der Waals surface area contributed by atoms with E-state index >= 15 is 0 Å². The van der Waals surface area contributed by atoms with E-state index < -0.39 is 0 Å². The Labute approximate surface area is 129 Å². The van der Waals surface area contributed by atoms with Gasteiger partial charge < -0.3 is 4.90 Å². The molecule has 0 N–H and O–H groups in total. The van der Waals surface area contributed by atoms with Gasteiger partial charge in [0.2, 0.25) is 0 Å². The molecule has 0 saturated heterocycles. The van der Waals surface area contributed by atoms with Crippen LogP contribution in [0.1, 0.15) is 72.6 Å². The van der Waals surface area contributed by atoms with Gasteiger partial charge in [-0.3, -0.25) is 0 Å². The van der Waals surface area contributed by atoms with Crippen LogP contribution in [0, 0.1) is 5.92 Å². The third-order valence-electron chi connectivity index (χ3n) is 5.55. The van der Waals surface area contributed by atoms with Crippen molar-refractivity contribution in [2.75, 3.05) is 20.3 Å². The molecule has 120 valence electrons. The molecule has 0 aromatic rings. The fraction of sp³-hybridized carbons (Fsp3) is 1.00. The van der Waals surface area contributed by atoms with Gasteiger partial charge in [0.25, 0.3) is 0 Å². The first-order valence-electron chi connectivity index (χ1n) is 8.98. The third-order valence-corrected chi connectivity index (χ3v) is 9.34. The highest BCUT2D eigenvalue weighted by Gasteiger charge is 2.35. The zero-order chi connectivity index (χ0) is 15.1. The first-order valence-corrected chi connectivity index (χ1v) is 10.6.